The molecule has 1 fully saturated rings. The summed E-state index contributed by atoms with van der Waals surface area (Å²) in [6.07, 6.45) is 8.58. The van der Waals surface area contributed by atoms with E-state index >= 15 is 0 Å². The first-order chi connectivity index (χ1) is 17.0. The number of carbonyl (C=O) groups excluding carboxylic acids is 2. The van der Waals surface area contributed by atoms with Crippen LogP contribution in [0.5, 0.6) is 0 Å². The standard InChI is InChI=1S/C29H38FN3O2/c1-20(22-10-6-3-7-11-22)28(34)33-27(14-12-21-8-4-2-5-9-21)29(35)31-17-16-23-19-32-26-15-13-24(30)18-25(23)26/h3,6-7,10-11,13,15,18,20-21,23,27,32H,2,4-5,8-9,12,14,16-17,19H2,1H3,(H,31,35)(H,33,34)/t20-,23?,27+/m1/s1. The monoisotopic (exact) mass is 479 g/mol. The average Bonchev–Trinajstić information content (AvgIpc) is 3.28. The zero-order valence-electron chi connectivity index (χ0n) is 20.7. The number of rotatable bonds is 10. The minimum Gasteiger partial charge on any atom is -0.384 e. The van der Waals surface area contributed by atoms with Crippen LogP contribution in [0.3, 0.4) is 0 Å². The van der Waals surface area contributed by atoms with E-state index in [2.05, 4.69) is 16.0 Å². The maximum absolute atomic E-state index is 13.7. The summed E-state index contributed by atoms with van der Waals surface area (Å²) in [4.78, 5) is 26.2. The van der Waals surface area contributed by atoms with Gasteiger partial charge in [-0.05, 0) is 61.4 Å². The van der Waals surface area contributed by atoms with E-state index in [1.165, 1.54) is 38.2 Å². The van der Waals surface area contributed by atoms with Gasteiger partial charge in [0.25, 0.3) is 0 Å². The zero-order valence-corrected chi connectivity index (χ0v) is 20.7. The summed E-state index contributed by atoms with van der Waals surface area (Å²) in [5.41, 5.74) is 2.88. The van der Waals surface area contributed by atoms with E-state index in [1.54, 1.807) is 12.1 Å². The van der Waals surface area contributed by atoms with Crippen molar-refractivity contribution in [3.05, 3.63) is 65.5 Å². The van der Waals surface area contributed by atoms with Crippen LogP contribution in [-0.4, -0.2) is 30.9 Å². The van der Waals surface area contributed by atoms with Crippen LogP contribution >= 0.6 is 0 Å². The molecule has 2 aromatic rings. The number of nitrogens with one attached hydrogen (secondary N) is 3. The second-order valence-electron chi connectivity index (χ2n) is 10.2. The van der Waals surface area contributed by atoms with Gasteiger partial charge in [0.15, 0.2) is 0 Å². The predicted octanol–water partition coefficient (Wildman–Crippen LogP) is 5.49. The van der Waals surface area contributed by atoms with Crippen LogP contribution < -0.4 is 16.0 Å². The van der Waals surface area contributed by atoms with Gasteiger partial charge in [-0.15, -0.1) is 0 Å². The molecule has 0 saturated heterocycles. The van der Waals surface area contributed by atoms with Crippen LogP contribution in [0.1, 0.15) is 81.3 Å². The quantitative estimate of drug-likeness (QED) is 0.422. The second kappa shape index (κ2) is 12.2. The van der Waals surface area contributed by atoms with Gasteiger partial charge in [-0.2, -0.15) is 0 Å². The number of benzene rings is 2. The highest BCUT2D eigenvalue weighted by atomic mass is 19.1. The normalized spacial score (nSPS) is 19.3. The summed E-state index contributed by atoms with van der Waals surface area (Å²) >= 11 is 0. The molecule has 0 bridgehead atoms. The fraction of sp³-hybridized carbons (Fsp3) is 0.517. The first-order valence-corrected chi connectivity index (χ1v) is 13.2. The third-order valence-corrected chi connectivity index (χ3v) is 7.70. The van der Waals surface area contributed by atoms with Crippen LogP contribution in [0.4, 0.5) is 10.1 Å². The molecule has 3 N–H and O–H groups in total. The Hall–Kier alpha value is -2.89. The van der Waals surface area contributed by atoms with E-state index in [1.807, 2.05) is 37.3 Å². The third kappa shape index (κ3) is 6.83. The summed E-state index contributed by atoms with van der Waals surface area (Å²) in [6, 6.07) is 13.9. The van der Waals surface area contributed by atoms with Crippen molar-refractivity contribution in [1.82, 2.24) is 10.6 Å². The average molecular weight is 480 g/mol. The molecule has 1 unspecified atom stereocenters. The number of carbonyl (C=O) groups is 2. The lowest BCUT2D eigenvalue weighted by Gasteiger charge is -2.25. The smallest absolute Gasteiger partial charge is 0.242 e. The van der Waals surface area contributed by atoms with E-state index < -0.39 is 6.04 Å². The van der Waals surface area contributed by atoms with E-state index in [9.17, 15) is 14.0 Å². The minimum atomic E-state index is -0.540. The topological polar surface area (TPSA) is 70.2 Å². The van der Waals surface area contributed by atoms with E-state index in [-0.39, 0.29) is 29.5 Å². The Kier molecular flexibility index (Phi) is 8.78. The molecule has 35 heavy (non-hydrogen) atoms. The molecular weight excluding hydrogens is 441 g/mol. The summed E-state index contributed by atoms with van der Waals surface area (Å²) < 4.78 is 13.7. The van der Waals surface area contributed by atoms with Gasteiger partial charge in [0.05, 0.1) is 5.92 Å². The fourth-order valence-electron chi connectivity index (χ4n) is 5.46. The molecule has 1 saturated carbocycles. The molecular formula is C29H38FN3O2. The largest absolute Gasteiger partial charge is 0.384 e. The van der Waals surface area contributed by atoms with Crippen LogP contribution in [0.15, 0.2) is 48.5 Å². The number of hydrogen-bond donors (Lipinski definition) is 3. The molecule has 1 aliphatic carbocycles. The Balaban J connectivity index is 1.34. The summed E-state index contributed by atoms with van der Waals surface area (Å²) in [5.74, 6) is -0.00581. The molecule has 0 radical (unpaired) electrons. The Labute approximate surface area is 208 Å². The molecule has 2 amide bonds. The maximum Gasteiger partial charge on any atom is 0.242 e. The van der Waals surface area contributed by atoms with E-state index in [4.69, 9.17) is 0 Å². The van der Waals surface area contributed by atoms with Crippen LogP contribution in [0.2, 0.25) is 0 Å². The molecule has 0 spiro atoms. The molecule has 1 heterocycles. The minimum absolute atomic E-state index is 0.121. The van der Waals surface area contributed by atoms with Crippen molar-refractivity contribution in [3.63, 3.8) is 0 Å². The lowest BCUT2D eigenvalue weighted by molar-refractivity contribution is -0.129. The Bertz CT molecular complexity index is 991. The van der Waals surface area contributed by atoms with Crippen molar-refractivity contribution >= 4 is 17.5 Å². The zero-order chi connectivity index (χ0) is 24.6. The molecule has 4 rings (SSSR count). The Morgan fingerprint density at radius 1 is 1.03 bits per heavy atom. The molecule has 5 nitrogen and oxygen atoms in total. The predicted molar refractivity (Wildman–Crippen MR) is 138 cm³/mol. The molecule has 3 atom stereocenters. The van der Waals surface area contributed by atoms with Crippen LogP contribution in [-0.2, 0) is 9.59 Å². The SMILES string of the molecule is C[C@@H](C(=O)N[C@@H](CCC1CCCCC1)C(=O)NCCC1CNc2ccc(F)cc21)c1ccccc1. The van der Waals surface area contributed by atoms with Crippen molar-refractivity contribution < 1.29 is 14.0 Å². The van der Waals surface area contributed by atoms with Gasteiger partial charge in [-0.3, -0.25) is 9.59 Å². The maximum atomic E-state index is 13.7. The van der Waals surface area contributed by atoms with Crippen molar-refractivity contribution in [1.29, 1.82) is 0 Å². The van der Waals surface area contributed by atoms with Crippen molar-refractivity contribution in [2.75, 3.05) is 18.4 Å². The van der Waals surface area contributed by atoms with Crippen molar-refractivity contribution in [2.45, 2.75) is 76.2 Å². The van der Waals surface area contributed by atoms with E-state index in [0.29, 0.717) is 18.9 Å². The third-order valence-electron chi connectivity index (χ3n) is 7.70. The van der Waals surface area contributed by atoms with Crippen molar-refractivity contribution in [3.8, 4) is 0 Å². The second-order valence-corrected chi connectivity index (χ2v) is 10.2. The number of anilines is 1. The van der Waals surface area contributed by atoms with Crippen LogP contribution in [0, 0.1) is 11.7 Å². The van der Waals surface area contributed by atoms with E-state index in [0.717, 1.165) is 36.2 Å². The van der Waals surface area contributed by atoms with Gasteiger partial charge in [0, 0.05) is 24.7 Å². The molecule has 0 aromatic heterocycles. The Morgan fingerprint density at radius 2 is 1.80 bits per heavy atom. The number of hydrogen-bond acceptors (Lipinski definition) is 3. The first kappa shape index (κ1) is 25.2. The van der Waals surface area contributed by atoms with Crippen molar-refractivity contribution in [2.24, 2.45) is 5.92 Å². The lowest BCUT2D eigenvalue weighted by Crippen LogP contribution is -2.48. The summed E-state index contributed by atoms with van der Waals surface area (Å²) in [5, 5.41) is 9.41. The summed E-state index contributed by atoms with van der Waals surface area (Å²) in [7, 11) is 0. The van der Waals surface area contributed by atoms with Gasteiger partial charge in [0.2, 0.25) is 11.8 Å². The summed E-state index contributed by atoms with van der Waals surface area (Å²) in [6.45, 7) is 3.11. The fourth-order valence-corrected chi connectivity index (χ4v) is 5.46. The Morgan fingerprint density at radius 3 is 2.57 bits per heavy atom. The van der Waals surface area contributed by atoms with Gasteiger partial charge in [-0.1, -0.05) is 62.4 Å². The molecule has 188 valence electrons. The highest BCUT2D eigenvalue weighted by molar-refractivity contribution is 5.90. The van der Waals surface area contributed by atoms with Gasteiger partial charge in [-0.25, -0.2) is 4.39 Å². The molecule has 2 aromatic carbocycles. The molecule has 2 aliphatic rings. The van der Waals surface area contributed by atoms with Gasteiger partial charge in [0.1, 0.15) is 11.9 Å². The molecule has 6 heteroatoms. The van der Waals surface area contributed by atoms with Crippen LogP contribution in [0.25, 0.3) is 0 Å². The highest BCUT2D eigenvalue weighted by Crippen LogP contribution is 2.33. The first-order valence-electron chi connectivity index (χ1n) is 13.2. The highest BCUT2D eigenvalue weighted by Gasteiger charge is 2.27. The lowest BCUT2D eigenvalue weighted by atomic mass is 9.85. The van der Waals surface area contributed by atoms with Gasteiger partial charge >= 0.3 is 0 Å². The number of halogens is 1. The number of fused-ring (bicyclic) bond motifs is 1. The number of amides is 2. The van der Waals surface area contributed by atoms with Gasteiger partial charge < -0.3 is 16.0 Å². The molecule has 1 aliphatic heterocycles.